The standard InChI is InChI=1S/C24H36O4Si/c1-5-6-7-8-10-20-12-14-21(15-13-20)24-17-16-23(25)19-22(24)11-9-18-29(26-2,27-3)28-4/h12-17,19,25H,5-11,18H2,1-4H3. The van der Waals surface area contributed by atoms with Crippen molar-refractivity contribution in [1.82, 2.24) is 0 Å². The van der Waals surface area contributed by atoms with Crippen LogP contribution in [0, 0.1) is 0 Å². The van der Waals surface area contributed by atoms with Crippen LogP contribution < -0.4 is 0 Å². The van der Waals surface area contributed by atoms with Gasteiger partial charge in [0.1, 0.15) is 5.75 Å². The maximum atomic E-state index is 10.0. The molecule has 0 aliphatic rings. The van der Waals surface area contributed by atoms with Crippen LogP contribution in [0.4, 0.5) is 0 Å². The molecule has 29 heavy (non-hydrogen) atoms. The number of hydrogen-bond acceptors (Lipinski definition) is 4. The fourth-order valence-electron chi connectivity index (χ4n) is 3.73. The molecule has 0 saturated carbocycles. The Bertz CT molecular complexity index is 718. The zero-order valence-electron chi connectivity index (χ0n) is 18.4. The summed E-state index contributed by atoms with van der Waals surface area (Å²) in [6, 6.07) is 15.2. The largest absolute Gasteiger partial charge is 0.508 e. The first-order valence-electron chi connectivity index (χ1n) is 10.6. The van der Waals surface area contributed by atoms with E-state index in [0.717, 1.165) is 30.9 Å². The third kappa shape index (κ3) is 6.96. The van der Waals surface area contributed by atoms with Gasteiger partial charge in [0.2, 0.25) is 0 Å². The zero-order chi connectivity index (χ0) is 21.1. The summed E-state index contributed by atoms with van der Waals surface area (Å²) in [5.74, 6) is 0.296. The lowest BCUT2D eigenvalue weighted by atomic mass is 9.95. The van der Waals surface area contributed by atoms with Crippen LogP contribution in [0.5, 0.6) is 5.75 Å². The van der Waals surface area contributed by atoms with Gasteiger partial charge in [-0.1, -0.05) is 56.5 Å². The van der Waals surface area contributed by atoms with Gasteiger partial charge in [-0.25, -0.2) is 0 Å². The summed E-state index contributed by atoms with van der Waals surface area (Å²) in [5, 5.41) is 10.0. The zero-order valence-corrected chi connectivity index (χ0v) is 19.4. The predicted molar refractivity (Wildman–Crippen MR) is 121 cm³/mol. The molecule has 0 aromatic heterocycles. The van der Waals surface area contributed by atoms with Gasteiger partial charge in [-0.3, -0.25) is 0 Å². The van der Waals surface area contributed by atoms with E-state index in [1.807, 2.05) is 12.1 Å². The molecule has 2 rings (SSSR count). The van der Waals surface area contributed by atoms with Crippen LogP contribution >= 0.6 is 0 Å². The minimum absolute atomic E-state index is 0.296. The molecule has 0 saturated heterocycles. The number of phenols is 1. The number of hydrogen-bond donors (Lipinski definition) is 1. The van der Waals surface area contributed by atoms with E-state index in [2.05, 4.69) is 31.2 Å². The van der Waals surface area contributed by atoms with Gasteiger partial charge >= 0.3 is 8.80 Å². The molecule has 0 spiro atoms. The Morgan fingerprint density at radius 1 is 0.793 bits per heavy atom. The first-order valence-corrected chi connectivity index (χ1v) is 12.6. The Labute approximate surface area is 177 Å². The number of benzene rings is 2. The van der Waals surface area contributed by atoms with Gasteiger partial charge in [0.25, 0.3) is 0 Å². The van der Waals surface area contributed by atoms with Crippen LogP contribution in [0.2, 0.25) is 6.04 Å². The van der Waals surface area contributed by atoms with E-state index >= 15 is 0 Å². The molecule has 4 nitrogen and oxygen atoms in total. The van der Waals surface area contributed by atoms with Crippen LogP contribution in [0.1, 0.15) is 50.2 Å². The molecule has 5 heteroatoms. The van der Waals surface area contributed by atoms with E-state index in [-0.39, 0.29) is 0 Å². The lowest BCUT2D eigenvalue weighted by molar-refractivity contribution is 0.123. The summed E-state index contributed by atoms with van der Waals surface area (Å²) >= 11 is 0. The third-order valence-electron chi connectivity index (χ3n) is 5.53. The van der Waals surface area contributed by atoms with Gasteiger partial charge in [0.05, 0.1) is 0 Å². The molecular formula is C24H36O4Si. The maximum absolute atomic E-state index is 10.0. The van der Waals surface area contributed by atoms with E-state index < -0.39 is 8.80 Å². The Morgan fingerprint density at radius 2 is 1.48 bits per heavy atom. The minimum atomic E-state index is -2.57. The smallest absolute Gasteiger partial charge is 0.500 e. The van der Waals surface area contributed by atoms with Crippen molar-refractivity contribution in [1.29, 1.82) is 0 Å². The number of aryl methyl sites for hydroxylation is 2. The SMILES string of the molecule is CCCCCCc1ccc(-c2ccc(O)cc2CCC[Si](OC)(OC)OC)cc1. The molecule has 2 aromatic carbocycles. The molecule has 0 heterocycles. The Hall–Kier alpha value is -1.66. The van der Waals surface area contributed by atoms with Crippen molar-refractivity contribution in [3.05, 3.63) is 53.6 Å². The van der Waals surface area contributed by atoms with Crippen LogP contribution in [-0.2, 0) is 26.1 Å². The van der Waals surface area contributed by atoms with Crippen molar-refractivity contribution in [2.75, 3.05) is 21.3 Å². The van der Waals surface area contributed by atoms with Crippen molar-refractivity contribution in [2.45, 2.75) is 57.9 Å². The van der Waals surface area contributed by atoms with Gasteiger partial charge in [0, 0.05) is 27.4 Å². The van der Waals surface area contributed by atoms with Gasteiger partial charge in [-0.05, 0) is 60.1 Å². The highest BCUT2D eigenvalue weighted by Crippen LogP contribution is 2.29. The summed E-state index contributed by atoms with van der Waals surface area (Å²) in [4.78, 5) is 0. The molecule has 2 aromatic rings. The van der Waals surface area contributed by atoms with Crippen molar-refractivity contribution < 1.29 is 18.4 Å². The maximum Gasteiger partial charge on any atom is 0.500 e. The van der Waals surface area contributed by atoms with Crippen molar-refractivity contribution in [3.8, 4) is 16.9 Å². The van der Waals surface area contributed by atoms with E-state index in [1.165, 1.54) is 42.4 Å². The summed E-state index contributed by atoms with van der Waals surface area (Å²) in [7, 11) is 2.35. The second-order valence-corrected chi connectivity index (χ2v) is 10.6. The Morgan fingerprint density at radius 3 is 2.10 bits per heavy atom. The lowest BCUT2D eigenvalue weighted by Gasteiger charge is -2.24. The van der Waals surface area contributed by atoms with E-state index in [1.54, 1.807) is 27.4 Å². The van der Waals surface area contributed by atoms with Crippen LogP contribution in [0.15, 0.2) is 42.5 Å². The summed E-state index contributed by atoms with van der Waals surface area (Å²) in [6.45, 7) is 2.24. The summed E-state index contributed by atoms with van der Waals surface area (Å²) in [5.41, 5.74) is 4.87. The first-order chi connectivity index (χ1) is 14.1. The number of phenolic OH excluding ortho intramolecular Hbond substituents is 1. The fraction of sp³-hybridized carbons (Fsp3) is 0.500. The third-order valence-corrected chi connectivity index (χ3v) is 8.37. The number of rotatable bonds is 13. The van der Waals surface area contributed by atoms with Gasteiger partial charge in [-0.2, -0.15) is 0 Å². The van der Waals surface area contributed by atoms with Crippen LogP contribution in [0.3, 0.4) is 0 Å². The van der Waals surface area contributed by atoms with Crippen molar-refractivity contribution >= 4 is 8.80 Å². The van der Waals surface area contributed by atoms with Crippen LogP contribution in [0.25, 0.3) is 11.1 Å². The molecule has 0 fully saturated rings. The quantitative estimate of drug-likeness (QED) is 0.322. The molecule has 0 aliphatic heterocycles. The Balaban J connectivity index is 2.07. The molecule has 160 valence electrons. The minimum Gasteiger partial charge on any atom is -0.508 e. The molecule has 0 unspecified atom stereocenters. The fourth-order valence-corrected chi connectivity index (χ4v) is 5.45. The first kappa shape index (κ1) is 23.6. The van der Waals surface area contributed by atoms with Crippen molar-refractivity contribution in [3.63, 3.8) is 0 Å². The molecular weight excluding hydrogens is 380 g/mol. The normalized spacial score (nSPS) is 11.7. The molecule has 0 atom stereocenters. The second kappa shape index (κ2) is 12.1. The van der Waals surface area contributed by atoms with Gasteiger partial charge in [0.15, 0.2) is 0 Å². The molecule has 1 N–H and O–H groups in total. The van der Waals surface area contributed by atoms with Gasteiger partial charge in [-0.15, -0.1) is 0 Å². The second-order valence-electron chi connectivity index (χ2n) is 7.50. The molecule has 0 aliphatic carbocycles. The summed E-state index contributed by atoms with van der Waals surface area (Å²) in [6.07, 6.45) is 7.97. The predicted octanol–water partition coefficient (Wildman–Crippen LogP) is 5.99. The lowest BCUT2D eigenvalue weighted by Crippen LogP contribution is -2.42. The van der Waals surface area contributed by atoms with Crippen molar-refractivity contribution in [2.24, 2.45) is 0 Å². The average molecular weight is 417 g/mol. The van der Waals surface area contributed by atoms with Gasteiger partial charge < -0.3 is 18.4 Å². The highest BCUT2D eigenvalue weighted by molar-refractivity contribution is 6.60. The Kier molecular flexibility index (Phi) is 9.88. The van der Waals surface area contributed by atoms with E-state index in [0.29, 0.717) is 5.75 Å². The highest BCUT2D eigenvalue weighted by atomic mass is 28.4. The summed E-state index contributed by atoms with van der Waals surface area (Å²) < 4.78 is 16.6. The molecule has 0 amide bonds. The molecule has 0 radical (unpaired) electrons. The number of unbranched alkanes of at least 4 members (excludes halogenated alkanes) is 3. The van der Waals surface area contributed by atoms with E-state index in [4.69, 9.17) is 13.3 Å². The monoisotopic (exact) mass is 416 g/mol. The highest BCUT2D eigenvalue weighted by Gasteiger charge is 2.36. The topological polar surface area (TPSA) is 47.9 Å². The van der Waals surface area contributed by atoms with Crippen LogP contribution in [-0.4, -0.2) is 35.2 Å². The number of aromatic hydroxyl groups is 1. The molecule has 0 bridgehead atoms. The average Bonchev–Trinajstić information content (AvgIpc) is 2.75. The van der Waals surface area contributed by atoms with E-state index in [9.17, 15) is 5.11 Å².